The number of nitro benzene ring substituents is 1. The number of benzene rings is 3. The Balaban J connectivity index is 0.986. The summed E-state index contributed by atoms with van der Waals surface area (Å²) in [6, 6.07) is 24.9. The Morgan fingerprint density at radius 3 is 2.71 bits per heavy atom. The molecule has 6 aromatic rings. The molecule has 0 aliphatic carbocycles. The first-order valence-electron chi connectivity index (χ1n) is 16.4. The van der Waals surface area contributed by atoms with Gasteiger partial charge in [-0.25, -0.2) is 0 Å². The minimum Gasteiger partial charge on any atom is -0.480 e. The monoisotopic (exact) mass is 704 g/mol. The van der Waals surface area contributed by atoms with Crippen molar-refractivity contribution in [2.45, 2.75) is 38.5 Å². The molecule has 14 heteroatoms. The number of amides is 2. The maximum Gasteiger partial charge on any atom is 0.310 e. The quantitative estimate of drug-likeness (QED) is 0.0882. The molecule has 2 amide bonds. The van der Waals surface area contributed by atoms with Crippen molar-refractivity contribution >= 4 is 40.0 Å². The second kappa shape index (κ2) is 14.4. The highest BCUT2D eigenvalue weighted by Crippen LogP contribution is 2.45. The number of para-hydroxylation sites is 3. The summed E-state index contributed by atoms with van der Waals surface area (Å²) in [6.45, 7) is 3.21. The number of H-pyrrole nitrogens is 1. The Morgan fingerprint density at radius 2 is 1.86 bits per heavy atom. The van der Waals surface area contributed by atoms with Crippen LogP contribution in [-0.2, 0) is 13.2 Å². The lowest BCUT2D eigenvalue weighted by molar-refractivity contribution is -0.385. The van der Waals surface area contributed by atoms with Crippen LogP contribution in [0.1, 0.15) is 68.7 Å². The maximum absolute atomic E-state index is 14.1. The van der Waals surface area contributed by atoms with Crippen LogP contribution >= 0.6 is 11.6 Å². The predicted molar refractivity (Wildman–Crippen MR) is 190 cm³/mol. The van der Waals surface area contributed by atoms with E-state index >= 15 is 0 Å². The summed E-state index contributed by atoms with van der Waals surface area (Å²) >= 11 is 6.72. The smallest absolute Gasteiger partial charge is 0.310 e. The Labute approximate surface area is 297 Å². The first-order chi connectivity index (χ1) is 24.8. The zero-order valence-corrected chi connectivity index (χ0v) is 28.3. The van der Waals surface area contributed by atoms with E-state index in [0.29, 0.717) is 42.3 Å². The van der Waals surface area contributed by atoms with Gasteiger partial charge < -0.3 is 19.9 Å². The number of fused-ring (bicyclic) bond motifs is 3. The molecule has 2 N–H and O–H groups in total. The number of hydrogen-bond donors (Lipinski definition) is 2. The normalized spacial score (nSPS) is 15.4. The lowest BCUT2D eigenvalue weighted by atomic mass is 9.83. The number of carbonyl (C=O) groups is 2. The molecular formula is C37H33ClN8O5. The van der Waals surface area contributed by atoms with Crippen LogP contribution in [-0.4, -0.2) is 59.7 Å². The van der Waals surface area contributed by atoms with Crippen molar-refractivity contribution in [2.24, 2.45) is 0 Å². The summed E-state index contributed by atoms with van der Waals surface area (Å²) in [5.74, 6) is -0.629. The first-order valence-corrected chi connectivity index (χ1v) is 16.8. The first kappa shape index (κ1) is 33.4. The van der Waals surface area contributed by atoms with Gasteiger partial charge in [-0.2, -0.15) is 0 Å². The molecule has 4 heterocycles. The number of nitro groups is 1. The minimum atomic E-state index is -0.503. The van der Waals surface area contributed by atoms with Gasteiger partial charge in [0.25, 0.3) is 11.8 Å². The number of hydrogen-bond acceptors (Lipinski definition) is 8. The third kappa shape index (κ3) is 6.88. The van der Waals surface area contributed by atoms with E-state index in [0.717, 1.165) is 27.7 Å². The molecule has 0 saturated carbocycles. The third-order valence-electron chi connectivity index (χ3n) is 9.04. The molecule has 1 aliphatic heterocycles. The van der Waals surface area contributed by atoms with Gasteiger partial charge in [-0.3, -0.25) is 29.4 Å². The van der Waals surface area contributed by atoms with Crippen LogP contribution in [0, 0.1) is 10.1 Å². The number of nitrogens with one attached hydrogen (secondary N) is 2. The fourth-order valence-electron chi connectivity index (χ4n) is 6.54. The van der Waals surface area contributed by atoms with Crippen molar-refractivity contribution in [1.29, 1.82) is 0 Å². The van der Waals surface area contributed by atoms with E-state index in [1.54, 1.807) is 29.1 Å². The SMILES string of the molecule is CC1c2[nH]c3ccccc3c2C(c2ccccc2Cl)CN1C(=O)c1ccnc(C(=O)NCCCn2cc(COc3ccccc3[N+](=O)[O-])nn2)c1. The van der Waals surface area contributed by atoms with Crippen LogP contribution < -0.4 is 10.1 Å². The van der Waals surface area contributed by atoms with Gasteiger partial charge in [0, 0.05) is 65.0 Å². The topological polar surface area (TPSA) is 161 Å². The number of halogens is 1. The van der Waals surface area contributed by atoms with Crippen LogP contribution in [0.2, 0.25) is 5.02 Å². The number of rotatable bonds is 11. The number of aromatic amines is 1. The average Bonchev–Trinajstić information content (AvgIpc) is 3.78. The van der Waals surface area contributed by atoms with Crippen molar-refractivity contribution < 1.29 is 19.2 Å². The molecule has 7 rings (SSSR count). The average molecular weight is 705 g/mol. The second-order valence-electron chi connectivity index (χ2n) is 12.2. The second-order valence-corrected chi connectivity index (χ2v) is 12.6. The number of carbonyl (C=O) groups excluding carboxylic acids is 2. The van der Waals surface area contributed by atoms with Gasteiger partial charge in [0.05, 0.1) is 17.2 Å². The molecule has 1 aliphatic rings. The molecule has 3 aromatic heterocycles. The van der Waals surface area contributed by atoms with Crippen molar-refractivity contribution in [3.8, 4) is 5.75 Å². The van der Waals surface area contributed by atoms with Gasteiger partial charge in [0.2, 0.25) is 0 Å². The highest BCUT2D eigenvalue weighted by molar-refractivity contribution is 6.31. The molecule has 0 bridgehead atoms. The van der Waals surface area contributed by atoms with Gasteiger partial charge in [0.1, 0.15) is 18.0 Å². The van der Waals surface area contributed by atoms with E-state index in [1.807, 2.05) is 54.3 Å². The number of pyridine rings is 1. The molecule has 0 saturated heterocycles. The van der Waals surface area contributed by atoms with Gasteiger partial charge in [-0.05, 0) is 54.8 Å². The Hall–Kier alpha value is -6.08. The number of aromatic nitrogens is 5. The third-order valence-corrected chi connectivity index (χ3v) is 9.39. The van der Waals surface area contributed by atoms with E-state index in [9.17, 15) is 19.7 Å². The van der Waals surface area contributed by atoms with E-state index < -0.39 is 10.8 Å². The summed E-state index contributed by atoms with van der Waals surface area (Å²) in [5.41, 5.74) is 4.91. The predicted octanol–water partition coefficient (Wildman–Crippen LogP) is 6.46. The zero-order valence-electron chi connectivity index (χ0n) is 27.5. The molecule has 258 valence electrons. The van der Waals surface area contributed by atoms with Gasteiger partial charge in [-0.1, -0.05) is 65.3 Å². The van der Waals surface area contributed by atoms with Gasteiger partial charge >= 0.3 is 5.69 Å². The van der Waals surface area contributed by atoms with E-state index in [4.69, 9.17) is 16.3 Å². The Kier molecular flexibility index (Phi) is 9.45. The maximum atomic E-state index is 14.1. The summed E-state index contributed by atoms with van der Waals surface area (Å²) < 4.78 is 7.18. The summed E-state index contributed by atoms with van der Waals surface area (Å²) in [7, 11) is 0. The lowest BCUT2D eigenvalue weighted by Gasteiger charge is -2.38. The highest BCUT2D eigenvalue weighted by Gasteiger charge is 2.38. The van der Waals surface area contributed by atoms with Crippen LogP contribution in [0.25, 0.3) is 10.9 Å². The van der Waals surface area contributed by atoms with Gasteiger partial charge in [-0.15, -0.1) is 5.10 Å². The summed E-state index contributed by atoms with van der Waals surface area (Å²) in [4.78, 5) is 47.5. The molecule has 2 unspecified atom stereocenters. The largest absolute Gasteiger partial charge is 0.480 e. The molecule has 0 radical (unpaired) electrons. The lowest BCUT2D eigenvalue weighted by Crippen LogP contribution is -2.41. The molecule has 13 nitrogen and oxygen atoms in total. The van der Waals surface area contributed by atoms with Crippen molar-refractivity contribution in [2.75, 3.05) is 13.1 Å². The fourth-order valence-corrected chi connectivity index (χ4v) is 6.81. The minimum absolute atomic E-state index is 0.0160. The van der Waals surface area contributed by atoms with Crippen LogP contribution in [0.3, 0.4) is 0 Å². The summed E-state index contributed by atoms with van der Waals surface area (Å²) in [5, 5.41) is 24.0. The highest BCUT2D eigenvalue weighted by atomic mass is 35.5. The van der Waals surface area contributed by atoms with Crippen molar-refractivity contribution in [3.05, 3.63) is 146 Å². The number of aryl methyl sites for hydroxylation is 1. The fraction of sp³-hybridized carbons (Fsp3) is 0.216. The van der Waals surface area contributed by atoms with Crippen LogP contribution in [0.5, 0.6) is 5.75 Å². The number of nitrogens with zero attached hydrogens (tertiary/aromatic N) is 6. The Morgan fingerprint density at radius 1 is 1.08 bits per heavy atom. The van der Waals surface area contributed by atoms with E-state index in [-0.39, 0.29) is 41.6 Å². The molecule has 0 spiro atoms. The number of ether oxygens (including phenoxy) is 1. The summed E-state index contributed by atoms with van der Waals surface area (Å²) in [6.07, 6.45) is 3.70. The Bertz CT molecular complexity index is 2250. The molecule has 3 aromatic carbocycles. The van der Waals surface area contributed by atoms with Crippen molar-refractivity contribution in [3.63, 3.8) is 0 Å². The van der Waals surface area contributed by atoms with Crippen LogP contribution in [0.4, 0.5) is 5.69 Å². The van der Waals surface area contributed by atoms with E-state index in [2.05, 4.69) is 31.7 Å². The molecule has 51 heavy (non-hydrogen) atoms. The van der Waals surface area contributed by atoms with Crippen molar-refractivity contribution in [1.82, 2.24) is 35.2 Å². The zero-order chi connectivity index (χ0) is 35.5. The van der Waals surface area contributed by atoms with E-state index in [1.165, 1.54) is 24.4 Å². The molecule has 0 fully saturated rings. The van der Waals surface area contributed by atoms with Crippen LogP contribution in [0.15, 0.2) is 97.3 Å². The van der Waals surface area contributed by atoms with Gasteiger partial charge in [0.15, 0.2) is 5.75 Å². The standard InChI is InChI=1S/C37H33ClN8O5/c1-23-35-34(27-10-3-5-12-30(27)41-35)28(26-9-2-4-11-29(26)38)21-45(23)37(48)24-15-17-39-31(19-24)36(47)40-16-8-18-44-20-25(42-43-44)22-51-33-14-7-6-13-32(33)46(49)50/h2-7,9-15,17,19-20,23,28,41H,8,16,18,21-22H2,1H3,(H,40,47). The molecular weight excluding hydrogens is 672 g/mol. The molecule has 2 atom stereocenters.